The van der Waals surface area contributed by atoms with Crippen LogP contribution < -0.4 is 9.91 Å². The van der Waals surface area contributed by atoms with Crippen LogP contribution in [0.2, 0.25) is 0 Å². The van der Waals surface area contributed by atoms with Crippen molar-refractivity contribution in [3.05, 3.63) is 46.6 Å². The molecule has 0 atom stereocenters. The number of anilines is 2. The smallest absolute Gasteiger partial charge is 0.307 e. The molecule has 3 rings (SSSR count). The molecule has 2 aromatic rings. The van der Waals surface area contributed by atoms with Gasteiger partial charge >= 0.3 is 5.84 Å². The number of amides is 1. The minimum Gasteiger partial charge on any atom is -0.441 e. The third kappa shape index (κ3) is 5.88. The maximum Gasteiger partial charge on any atom is 0.307 e. The van der Waals surface area contributed by atoms with Crippen molar-refractivity contribution < 1.29 is 31.7 Å². The van der Waals surface area contributed by atoms with Crippen molar-refractivity contribution in [2.45, 2.75) is 5.75 Å². The second kappa shape index (κ2) is 10.6. The van der Waals surface area contributed by atoms with Gasteiger partial charge in [-0.3, -0.25) is 14.0 Å². The van der Waals surface area contributed by atoms with E-state index < -0.39 is 21.8 Å². The summed E-state index contributed by atoms with van der Waals surface area (Å²) in [6, 6.07) is 4.70. The van der Waals surface area contributed by atoms with Gasteiger partial charge in [0.1, 0.15) is 11.5 Å². The Kier molecular flexibility index (Phi) is 7.84. The van der Waals surface area contributed by atoms with Crippen LogP contribution in [-0.2, 0) is 37.2 Å². The van der Waals surface area contributed by atoms with Gasteiger partial charge < -0.3 is 23.6 Å². The summed E-state index contributed by atoms with van der Waals surface area (Å²) in [5.74, 6) is -0.579. The average molecular weight is 493 g/mol. The molecule has 182 valence electrons. The zero-order chi connectivity index (χ0) is 24.9. The van der Waals surface area contributed by atoms with Crippen LogP contribution in [0.4, 0.5) is 11.7 Å². The summed E-state index contributed by atoms with van der Waals surface area (Å²) < 4.78 is 48.8. The molecule has 0 unspecified atom stereocenters. The van der Waals surface area contributed by atoms with Gasteiger partial charge in [-0.2, -0.15) is 13.5 Å². The largest absolute Gasteiger partial charge is 0.441 e. The van der Waals surface area contributed by atoms with Crippen molar-refractivity contribution >= 4 is 39.6 Å². The van der Waals surface area contributed by atoms with Crippen LogP contribution in [0.5, 0.6) is 0 Å². The van der Waals surface area contributed by atoms with Crippen molar-refractivity contribution in [2.24, 2.45) is 12.1 Å². The van der Waals surface area contributed by atoms with Crippen molar-refractivity contribution in [3.63, 3.8) is 0 Å². The molecule has 0 fully saturated rings. The quantitative estimate of drug-likeness (QED) is 0.278. The normalized spacial score (nSPS) is 15.1. The van der Waals surface area contributed by atoms with Crippen LogP contribution in [0.1, 0.15) is 11.5 Å². The van der Waals surface area contributed by atoms with Crippen LogP contribution in [0.3, 0.4) is 0 Å². The molecule has 0 bridgehead atoms. The second-order valence-corrected chi connectivity index (χ2v) is 8.66. The Morgan fingerprint density at radius 1 is 1.26 bits per heavy atom. The number of aryl methyl sites for hydroxylation is 1. The molecule has 1 aliphatic rings. The number of hydrogen-bond donors (Lipinski definition) is 1. The van der Waals surface area contributed by atoms with Crippen molar-refractivity contribution in [1.29, 1.82) is 0 Å². The van der Waals surface area contributed by atoms with Gasteiger partial charge in [-0.15, -0.1) is 0 Å². The molecule has 0 aromatic carbocycles. The molecule has 3 heterocycles. The number of nitrogens with zero attached hydrogens (tertiary/aromatic N) is 6. The molecule has 14 heteroatoms. The Labute approximate surface area is 196 Å². The SMILES string of the molecule is [C-]#[N+]C1=NN(c2cc(CS(=O)(=O)O)n(C)n2)C(=O)/C1=C\c1ccc(N(CCOC)CCOC)o1. The number of ether oxygens (including phenoxy) is 2. The fraction of sp³-hybridized carbons (Fsp3) is 0.400. The summed E-state index contributed by atoms with van der Waals surface area (Å²) in [4.78, 5) is 18.2. The first-order valence-electron chi connectivity index (χ1n) is 10.00. The van der Waals surface area contributed by atoms with Gasteiger partial charge in [-0.1, -0.05) is 11.6 Å². The monoisotopic (exact) mass is 492 g/mol. The van der Waals surface area contributed by atoms with Crippen molar-refractivity contribution in [2.75, 3.05) is 50.4 Å². The number of hydrogen-bond acceptors (Lipinski definition) is 9. The van der Waals surface area contributed by atoms with Gasteiger partial charge in [0.2, 0.25) is 0 Å². The first-order valence-corrected chi connectivity index (χ1v) is 11.6. The summed E-state index contributed by atoms with van der Waals surface area (Å²) in [7, 11) is 0.362. The van der Waals surface area contributed by atoms with E-state index in [0.717, 1.165) is 5.01 Å². The Bertz CT molecular complexity index is 1250. The van der Waals surface area contributed by atoms with Crippen LogP contribution in [0.15, 0.2) is 33.3 Å². The van der Waals surface area contributed by atoms with E-state index in [2.05, 4.69) is 15.0 Å². The third-order valence-electron chi connectivity index (χ3n) is 4.82. The predicted molar refractivity (Wildman–Crippen MR) is 123 cm³/mol. The third-order valence-corrected chi connectivity index (χ3v) is 5.48. The van der Waals surface area contributed by atoms with E-state index in [0.29, 0.717) is 37.9 Å². The lowest BCUT2D eigenvalue weighted by molar-refractivity contribution is -0.114. The minimum atomic E-state index is -4.30. The molecular weight excluding hydrogens is 468 g/mol. The molecule has 0 spiro atoms. The molecule has 1 amide bonds. The van der Waals surface area contributed by atoms with E-state index in [-0.39, 0.29) is 22.9 Å². The molecule has 0 saturated carbocycles. The topological polar surface area (TPSA) is 144 Å². The molecule has 2 aromatic heterocycles. The Morgan fingerprint density at radius 2 is 1.94 bits per heavy atom. The van der Waals surface area contributed by atoms with Crippen molar-refractivity contribution in [3.8, 4) is 0 Å². The summed E-state index contributed by atoms with van der Waals surface area (Å²) in [5, 5.41) is 8.99. The fourth-order valence-corrected chi connectivity index (χ4v) is 3.79. The number of rotatable bonds is 11. The van der Waals surface area contributed by atoms with Gasteiger partial charge in [-0.25, -0.2) is 0 Å². The van der Waals surface area contributed by atoms with Crippen LogP contribution in [-0.4, -0.2) is 75.0 Å². The molecular formula is C20H24N6O7S. The number of furan rings is 1. The number of aromatic nitrogens is 2. The molecule has 0 saturated heterocycles. The lowest BCUT2D eigenvalue weighted by Gasteiger charge is -2.20. The first-order chi connectivity index (χ1) is 16.2. The lowest BCUT2D eigenvalue weighted by Crippen LogP contribution is -2.30. The molecule has 1 N–H and O–H groups in total. The maximum absolute atomic E-state index is 13.0. The molecule has 1 aliphatic heterocycles. The van der Waals surface area contributed by atoms with Crippen molar-refractivity contribution in [1.82, 2.24) is 9.78 Å². The summed E-state index contributed by atoms with van der Waals surface area (Å²) in [6.07, 6.45) is 1.41. The fourth-order valence-electron chi connectivity index (χ4n) is 3.15. The minimum absolute atomic E-state index is 0.00165. The van der Waals surface area contributed by atoms with E-state index in [1.807, 2.05) is 4.90 Å². The van der Waals surface area contributed by atoms with Crippen LogP contribution >= 0.6 is 0 Å². The highest BCUT2D eigenvalue weighted by Gasteiger charge is 2.36. The highest BCUT2D eigenvalue weighted by Crippen LogP contribution is 2.27. The van der Waals surface area contributed by atoms with E-state index in [4.69, 9.17) is 25.0 Å². The molecule has 13 nitrogen and oxygen atoms in total. The standard InChI is InChI=1S/C20H24N6O7S/c1-21-19-16(12-15-5-6-18(33-15)25(7-9-31-3)8-10-32-4)20(27)26(23-19)17-11-14(24(2)22-17)13-34(28,29)30/h5-6,11-12H,7-10,13H2,2-4H3,(H,28,29,30)/b16-12-. The predicted octanol–water partition coefficient (Wildman–Crippen LogP) is 1.16. The zero-order valence-electron chi connectivity index (χ0n) is 18.8. The summed E-state index contributed by atoms with van der Waals surface area (Å²) >= 11 is 0. The van der Waals surface area contributed by atoms with Gasteiger partial charge in [0.25, 0.3) is 16.0 Å². The lowest BCUT2D eigenvalue weighted by atomic mass is 10.2. The second-order valence-electron chi connectivity index (χ2n) is 7.20. The highest BCUT2D eigenvalue weighted by molar-refractivity contribution is 7.85. The number of carbonyl (C=O) groups excluding carboxylic acids is 1. The van der Waals surface area contributed by atoms with Gasteiger partial charge in [0, 0.05) is 46.5 Å². The number of methoxy groups -OCH3 is 2. The van der Waals surface area contributed by atoms with E-state index >= 15 is 0 Å². The first kappa shape index (κ1) is 25.1. The Balaban J connectivity index is 1.86. The number of amidine groups is 1. The van der Waals surface area contributed by atoms with Crippen LogP contribution in [0, 0.1) is 6.57 Å². The summed E-state index contributed by atoms with van der Waals surface area (Å²) in [6.45, 7) is 9.49. The Morgan fingerprint density at radius 3 is 2.53 bits per heavy atom. The van der Waals surface area contributed by atoms with Gasteiger partial charge in [0.15, 0.2) is 11.7 Å². The Hall–Kier alpha value is -3.51. The van der Waals surface area contributed by atoms with E-state index in [1.165, 1.54) is 23.9 Å². The number of carbonyl (C=O) groups is 1. The molecule has 34 heavy (non-hydrogen) atoms. The van der Waals surface area contributed by atoms with Gasteiger partial charge in [0.05, 0.1) is 24.5 Å². The average Bonchev–Trinajstić information content (AvgIpc) is 3.46. The van der Waals surface area contributed by atoms with E-state index in [1.54, 1.807) is 26.4 Å². The molecule has 0 aliphatic carbocycles. The zero-order valence-corrected chi connectivity index (χ0v) is 19.6. The van der Waals surface area contributed by atoms with E-state index in [9.17, 15) is 13.2 Å². The summed E-state index contributed by atoms with van der Waals surface area (Å²) in [5.41, 5.74) is 0.142. The molecule has 0 radical (unpaired) electrons. The maximum atomic E-state index is 13.0. The van der Waals surface area contributed by atoms with Crippen LogP contribution in [0.25, 0.3) is 10.9 Å². The number of hydrazone groups is 1. The van der Waals surface area contributed by atoms with Gasteiger partial charge in [-0.05, 0) is 17.2 Å². The highest BCUT2D eigenvalue weighted by atomic mass is 32.2.